The second-order valence-electron chi connectivity index (χ2n) is 9.50. The number of carbonyl (C=O) groups excluding carboxylic acids is 1. The predicted octanol–water partition coefficient (Wildman–Crippen LogP) is 4.65. The van der Waals surface area contributed by atoms with Crippen LogP contribution in [0.5, 0.6) is 5.75 Å². The number of fused-ring (bicyclic) bond motifs is 1. The highest BCUT2D eigenvalue weighted by Crippen LogP contribution is 2.34. The first-order valence-electron chi connectivity index (χ1n) is 12.9. The van der Waals surface area contributed by atoms with E-state index in [4.69, 9.17) is 4.74 Å². The van der Waals surface area contributed by atoms with Crippen molar-refractivity contribution in [2.75, 3.05) is 32.1 Å². The van der Waals surface area contributed by atoms with Gasteiger partial charge in [0.2, 0.25) is 10.0 Å². The number of hydrogen-bond acceptors (Lipinski definition) is 7. The first-order chi connectivity index (χ1) is 18.9. The van der Waals surface area contributed by atoms with E-state index in [-0.39, 0.29) is 12.5 Å². The molecule has 1 amide bonds. The molecule has 10 heteroatoms. The number of sulfonamides is 1. The topological polar surface area (TPSA) is 114 Å². The second kappa shape index (κ2) is 11.4. The monoisotopic (exact) mass is 545 g/mol. The molecule has 0 radical (unpaired) electrons. The van der Waals surface area contributed by atoms with Gasteiger partial charge in [0, 0.05) is 42.2 Å². The lowest BCUT2D eigenvalue weighted by Crippen LogP contribution is -2.35. The zero-order valence-electron chi connectivity index (χ0n) is 22.0. The molecule has 202 valence electrons. The number of carbonyl (C=O) groups is 1. The molecule has 1 aromatic heterocycles. The Hall–Kier alpha value is -4.02. The molecule has 5 rings (SSSR count). The maximum absolute atomic E-state index is 13.5. The number of aromatic nitrogens is 2. The normalized spacial score (nSPS) is 14.2. The third-order valence-corrected chi connectivity index (χ3v) is 8.89. The molecule has 2 heterocycles. The van der Waals surface area contributed by atoms with Crippen LogP contribution >= 0.6 is 0 Å². The molecule has 1 saturated heterocycles. The summed E-state index contributed by atoms with van der Waals surface area (Å²) in [7, 11) is -2.04. The van der Waals surface area contributed by atoms with Crippen LogP contribution in [-0.2, 0) is 14.8 Å². The zero-order chi connectivity index (χ0) is 27.4. The Kier molecular flexibility index (Phi) is 7.76. The van der Waals surface area contributed by atoms with Gasteiger partial charge in [-0.25, -0.2) is 8.42 Å². The summed E-state index contributed by atoms with van der Waals surface area (Å²) in [5.74, 6) is 0.940. The molecule has 0 saturated carbocycles. The number of anilines is 2. The molecule has 0 aliphatic carbocycles. The van der Waals surface area contributed by atoms with Gasteiger partial charge in [-0.05, 0) is 55.7 Å². The largest absolute Gasteiger partial charge is 0.484 e. The Morgan fingerprint density at radius 3 is 2.38 bits per heavy atom. The van der Waals surface area contributed by atoms with E-state index in [1.54, 1.807) is 29.6 Å². The van der Waals surface area contributed by atoms with Gasteiger partial charge in [-0.1, -0.05) is 42.8 Å². The van der Waals surface area contributed by atoms with Crippen LogP contribution in [0.4, 0.5) is 11.5 Å². The average Bonchev–Trinajstić information content (AvgIpc) is 2.97. The summed E-state index contributed by atoms with van der Waals surface area (Å²) >= 11 is 0. The van der Waals surface area contributed by atoms with E-state index >= 15 is 0 Å². The van der Waals surface area contributed by atoms with Crippen molar-refractivity contribution in [1.29, 1.82) is 0 Å². The van der Waals surface area contributed by atoms with Gasteiger partial charge in [0.1, 0.15) is 11.4 Å². The molecule has 1 aliphatic heterocycles. The lowest BCUT2D eigenvalue weighted by Gasteiger charge is -2.26. The van der Waals surface area contributed by atoms with E-state index in [1.807, 2.05) is 55.5 Å². The first kappa shape index (κ1) is 26.6. The fourth-order valence-corrected chi connectivity index (χ4v) is 6.44. The fraction of sp³-hybridized carbons (Fsp3) is 0.276. The van der Waals surface area contributed by atoms with Gasteiger partial charge < -0.3 is 15.4 Å². The number of rotatable bonds is 8. The van der Waals surface area contributed by atoms with Crippen molar-refractivity contribution >= 4 is 38.2 Å². The minimum Gasteiger partial charge on any atom is -0.484 e. The number of benzene rings is 3. The molecule has 3 aromatic carbocycles. The third kappa shape index (κ3) is 5.71. The van der Waals surface area contributed by atoms with Gasteiger partial charge in [0.25, 0.3) is 5.91 Å². The lowest BCUT2D eigenvalue weighted by atomic mass is 10.0. The van der Waals surface area contributed by atoms with Crippen LogP contribution in [-0.4, -0.2) is 55.6 Å². The van der Waals surface area contributed by atoms with Crippen LogP contribution in [0, 0.1) is 6.92 Å². The van der Waals surface area contributed by atoms with E-state index in [9.17, 15) is 13.2 Å². The third-order valence-electron chi connectivity index (χ3n) is 6.85. The van der Waals surface area contributed by atoms with Crippen molar-refractivity contribution < 1.29 is 17.9 Å². The van der Waals surface area contributed by atoms with Crippen LogP contribution in [0.2, 0.25) is 0 Å². The summed E-state index contributed by atoms with van der Waals surface area (Å²) in [4.78, 5) is 11.7. The molecular formula is C29H31N5O4S. The van der Waals surface area contributed by atoms with Gasteiger partial charge >= 0.3 is 0 Å². The summed E-state index contributed by atoms with van der Waals surface area (Å²) in [6, 6.07) is 20.4. The number of hydrogen-bond donors (Lipinski definition) is 2. The number of amides is 1. The van der Waals surface area contributed by atoms with Crippen LogP contribution in [0.1, 0.15) is 24.8 Å². The maximum Gasteiger partial charge on any atom is 0.257 e. The summed E-state index contributed by atoms with van der Waals surface area (Å²) < 4.78 is 34.0. The summed E-state index contributed by atoms with van der Waals surface area (Å²) in [6.45, 7) is 2.87. The van der Waals surface area contributed by atoms with Crippen molar-refractivity contribution in [2.24, 2.45) is 0 Å². The van der Waals surface area contributed by atoms with E-state index in [0.717, 1.165) is 35.7 Å². The average molecular weight is 546 g/mol. The highest BCUT2D eigenvalue weighted by Gasteiger charge is 2.28. The fourth-order valence-electron chi connectivity index (χ4n) is 4.67. The van der Waals surface area contributed by atoms with Crippen molar-refractivity contribution in [3.8, 4) is 17.0 Å². The highest BCUT2D eigenvalue weighted by molar-refractivity contribution is 7.89. The molecule has 1 fully saturated rings. The smallest absolute Gasteiger partial charge is 0.257 e. The Balaban J connectivity index is 1.45. The van der Waals surface area contributed by atoms with E-state index in [0.29, 0.717) is 46.4 Å². The number of piperidine rings is 1. The van der Waals surface area contributed by atoms with Gasteiger partial charge in [0.15, 0.2) is 12.4 Å². The van der Waals surface area contributed by atoms with Gasteiger partial charge in [-0.2, -0.15) is 4.31 Å². The van der Waals surface area contributed by atoms with Crippen molar-refractivity contribution in [3.05, 3.63) is 72.3 Å². The highest BCUT2D eigenvalue weighted by atomic mass is 32.2. The Labute approximate surface area is 228 Å². The second-order valence-corrected chi connectivity index (χ2v) is 11.4. The van der Waals surface area contributed by atoms with Crippen molar-refractivity contribution in [3.63, 3.8) is 0 Å². The molecule has 0 unspecified atom stereocenters. The maximum atomic E-state index is 13.5. The van der Waals surface area contributed by atoms with Gasteiger partial charge in [-0.3, -0.25) is 4.79 Å². The number of likely N-dealkylation sites (N-methyl/N-ethyl adjacent to an activating group) is 1. The molecule has 0 atom stereocenters. The molecule has 2 N–H and O–H groups in total. The number of aryl methyl sites for hydroxylation is 1. The Morgan fingerprint density at radius 2 is 1.67 bits per heavy atom. The molecule has 4 aromatic rings. The van der Waals surface area contributed by atoms with Crippen molar-refractivity contribution in [1.82, 2.24) is 19.8 Å². The van der Waals surface area contributed by atoms with Crippen LogP contribution in [0.15, 0.2) is 71.6 Å². The van der Waals surface area contributed by atoms with E-state index in [1.165, 1.54) is 0 Å². The quantitative estimate of drug-likeness (QED) is 0.331. The molecule has 0 bridgehead atoms. The lowest BCUT2D eigenvalue weighted by molar-refractivity contribution is -0.122. The minimum absolute atomic E-state index is 0.0547. The summed E-state index contributed by atoms with van der Waals surface area (Å²) in [5, 5.41) is 16.5. The molecule has 1 aliphatic rings. The Morgan fingerprint density at radius 1 is 0.949 bits per heavy atom. The molecule has 0 spiro atoms. The van der Waals surface area contributed by atoms with Crippen LogP contribution in [0.25, 0.3) is 22.0 Å². The van der Waals surface area contributed by atoms with Gasteiger partial charge in [0.05, 0.1) is 4.90 Å². The molecular weight excluding hydrogens is 514 g/mol. The number of nitrogens with zero attached hydrogens (tertiary/aromatic N) is 3. The molecule has 39 heavy (non-hydrogen) atoms. The number of ether oxygens (including phenoxy) is 1. The predicted molar refractivity (Wildman–Crippen MR) is 152 cm³/mol. The molecule has 9 nitrogen and oxygen atoms in total. The van der Waals surface area contributed by atoms with Gasteiger partial charge in [-0.15, -0.1) is 10.2 Å². The Bertz CT molecular complexity index is 1600. The van der Waals surface area contributed by atoms with Crippen LogP contribution < -0.4 is 15.4 Å². The first-order valence-corrected chi connectivity index (χ1v) is 14.4. The van der Waals surface area contributed by atoms with Crippen LogP contribution in [0.3, 0.4) is 0 Å². The zero-order valence-corrected chi connectivity index (χ0v) is 22.8. The van der Waals surface area contributed by atoms with E-state index < -0.39 is 10.0 Å². The summed E-state index contributed by atoms with van der Waals surface area (Å²) in [5.41, 5.74) is 2.80. The minimum atomic E-state index is -3.60. The standard InChI is InChI=1S/C29H31N5O4S/c1-20-10-11-21(18-26(20)39(36,37)34-16-6-3-7-17-34)28-24-8-4-5-9-25(24)29(33-32-28)31-22-12-14-23(15-13-22)38-19-27(35)30-2/h4-5,8-15,18H,3,6-7,16-17,19H2,1-2H3,(H,30,35)(H,31,33). The van der Waals surface area contributed by atoms with Crippen molar-refractivity contribution in [2.45, 2.75) is 31.1 Å². The SMILES string of the molecule is CNC(=O)COc1ccc(Nc2nnc(-c3ccc(C)c(S(=O)(=O)N4CCCCC4)c3)c3ccccc23)cc1. The summed E-state index contributed by atoms with van der Waals surface area (Å²) in [6.07, 6.45) is 2.82. The number of nitrogens with one attached hydrogen (secondary N) is 2. The van der Waals surface area contributed by atoms with E-state index in [2.05, 4.69) is 20.8 Å².